The highest BCUT2D eigenvalue weighted by atomic mass is 19.1. The fourth-order valence-electron chi connectivity index (χ4n) is 3.05. The average molecular weight is 394 g/mol. The summed E-state index contributed by atoms with van der Waals surface area (Å²) in [6.07, 6.45) is 1.65. The molecule has 1 aliphatic rings. The Morgan fingerprint density at radius 3 is 2.71 bits per heavy atom. The molecule has 1 aliphatic heterocycles. The first-order valence-electron chi connectivity index (χ1n) is 9.90. The number of carbonyl (C=O) groups is 1. The van der Waals surface area contributed by atoms with Crippen molar-refractivity contribution in [2.75, 3.05) is 39.8 Å². The molecule has 0 aromatic heterocycles. The van der Waals surface area contributed by atoms with Gasteiger partial charge < -0.3 is 20.7 Å². The molecule has 2 rings (SSSR count). The average Bonchev–Trinajstić information content (AvgIpc) is 2.69. The molecule has 0 aliphatic carbocycles. The minimum absolute atomic E-state index is 0.0464. The van der Waals surface area contributed by atoms with Gasteiger partial charge in [0.05, 0.1) is 13.1 Å². The topological polar surface area (TPSA) is 78.0 Å². The number of halogens is 1. The van der Waals surface area contributed by atoms with Gasteiger partial charge in [0.2, 0.25) is 5.91 Å². The van der Waals surface area contributed by atoms with Gasteiger partial charge in [0.15, 0.2) is 17.5 Å². The number of aliphatic imine (C=N–C) groups is 1. The molecule has 7 nitrogen and oxygen atoms in total. The maximum Gasteiger partial charge on any atom is 0.233 e. The van der Waals surface area contributed by atoms with Crippen LogP contribution in [0.1, 0.15) is 26.7 Å². The SMILES string of the molecule is CCNC(=NCC(C)Oc1ccccc1F)NC1CCN(CC(=O)NC)CC1. The largest absolute Gasteiger partial charge is 0.486 e. The number of para-hydroxylation sites is 1. The number of nitrogens with zero attached hydrogens (tertiary/aromatic N) is 2. The molecule has 3 N–H and O–H groups in total. The second kappa shape index (κ2) is 11.5. The summed E-state index contributed by atoms with van der Waals surface area (Å²) in [4.78, 5) is 18.2. The summed E-state index contributed by atoms with van der Waals surface area (Å²) in [5.41, 5.74) is 0. The smallest absolute Gasteiger partial charge is 0.233 e. The van der Waals surface area contributed by atoms with Gasteiger partial charge in [-0.2, -0.15) is 0 Å². The summed E-state index contributed by atoms with van der Waals surface area (Å²) in [6.45, 7) is 7.25. The van der Waals surface area contributed by atoms with Crippen LogP contribution in [0.4, 0.5) is 4.39 Å². The quantitative estimate of drug-likeness (QED) is 0.459. The Balaban J connectivity index is 1.82. The number of ether oxygens (including phenoxy) is 1. The van der Waals surface area contributed by atoms with Crippen molar-refractivity contribution >= 4 is 11.9 Å². The Hall–Kier alpha value is -2.35. The van der Waals surface area contributed by atoms with E-state index in [1.807, 2.05) is 13.8 Å². The molecule has 1 unspecified atom stereocenters. The van der Waals surface area contributed by atoms with E-state index in [1.54, 1.807) is 25.2 Å². The van der Waals surface area contributed by atoms with Crippen molar-refractivity contribution in [2.24, 2.45) is 4.99 Å². The van der Waals surface area contributed by atoms with Gasteiger partial charge in [-0.3, -0.25) is 9.69 Å². The minimum Gasteiger partial charge on any atom is -0.486 e. The Morgan fingerprint density at radius 2 is 2.07 bits per heavy atom. The molecule has 1 fully saturated rings. The highest BCUT2D eigenvalue weighted by molar-refractivity contribution is 5.80. The fourth-order valence-corrected chi connectivity index (χ4v) is 3.05. The number of benzene rings is 1. The molecule has 0 saturated carbocycles. The van der Waals surface area contributed by atoms with Crippen molar-refractivity contribution in [1.82, 2.24) is 20.9 Å². The molecule has 1 heterocycles. The Kier molecular flexibility index (Phi) is 9.00. The van der Waals surface area contributed by atoms with Gasteiger partial charge in [0, 0.05) is 32.7 Å². The third-order valence-electron chi connectivity index (χ3n) is 4.59. The second-order valence-electron chi connectivity index (χ2n) is 6.95. The molecular weight excluding hydrogens is 361 g/mol. The highest BCUT2D eigenvalue weighted by Crippen LogP contribution is 2.17. The van der Waals surface area contributed by atoms with E-state index in [0.717, 1.165) is 38.4 Å². The molecule has 0 radical (unpaired) electrons. The van der Waals surface area contributed by atoms with Crippen LogP contribution < -0.4 is 20.7 Å². The third-order valence-corrected chi connectivity index (χ3v) is 4.59. The molecule has 0 bridgehead atoms. The number of rotatable bonds is 8. The van der Waals surface area contributed by atoms with Gasteiger partial charge in [0.1, 0.15) is 6.10 Å². The standard InChI is InChI=1S/C20H32FN5O2/c1-4-23-20(24-13-15(2)28-18-8-6-5-7-17(18)21)25-16-9-11-26(12-10-16)14-19(27)22-3/h5-8,15-16H,4,9-14H2,1-3H3,(H,22,27)(H2,23,24,25). The first-order chi connectivity index (χ1) is 13.5. The maximum absolute atomic E-state index is 13.7. The summed E-state index contributed by atoms with van der Waals surface area (Å²) in [7, 11) is 1.66. The van der Waals surface area contributed by atoms with Crippen molar-refractivity contribution in [3.63, 3.8) is 0 Å². The predicted octanol–water partition coefficient (Wildman–Crippen LogP) is 1.36. The summed E-state index contributed by atoms with van der Waals surface area (Å²) >= 11 is 0. The zero-order valence-electron chi connectivity index (χ0n) is 17.0. The highest BCUT2D eigenvalue weighted by Gasteiger charge is 2.21. The van der Waals surface area contributed by atoms with Crippen LogP contribution in [0.3, 0.4) is 0 Å². The van der Waals surface area contributed by atoms with Gasteiger partial charge >= 0.3 is 0 Å². The van der Waals surface area contributed by atoms with Gasteiger partial charge in [-0.25, -0.2) is 9.38 Å². The number of guanidine groups is 1. The number of likely N-dealkylation sites (N-methyl/N-ethyl adjacent to an activating group) is 1. The number of nitrogens with one attached hydrogen (secondary N) is 3. The molecule has 1 saturated heterocycles. The number of carbonyl (C=O) groups excluding carboxylic acids is 1. The van der Waals surface area contributed by atoms with Crippen LogP contribution >= 0.6 is 0 Å². The molecule has 8 heteroatoms. The summed E-state index contributed by atoms with van der Waals surface area (Å²) in [5.74, 6) is 0.653. The second-order valence-corrected chi connectivity index (χ2v) is 6.95. The van der Waals surface area contributed by atoms with Crippen LogP contribution in [-0.2, 0) is 4.79 Å². The van der Waals surface area contributed by atoms with Gasteiger partial charge in [0.25, 0.3) is 0 Å². The molecular formula is C20H32FN5O2. The lowest BCUT2D eigenvalue weighted by molar-refractivity contribution is -0.122. The summed E-state index contributed by atoms with van der Waals surface area (Å²) < 4.78 is 19.3. The van der Waals surface area contributed by atoms with E-state index in [2.05, 4.69) is 25.8 Å². The van der Waals surface area contributed by atoms with E-state index in [9.17, 15) is 9.18 Å². The lowest BCUT2D eigenvalue weighted by Crippen LogP contribution is -2.50. The van der Waals surface area contributed by atoms with Crippen molar-refractivity contribution in [1.29, 1.82) is 0 Å². The van der Waals surface area contributed by atoms with Crippen molar-refractivity contribution in [3.05, 3.63) is 30.1 Å². The van der Waals surface area contributed by atoms with Gasteiger partial charge in [-0.1, -0.05) is 12.1 Å². The van der Waals surface area contributed by atoms with E-state index in [4.69, 9.17) is 4.74 Å². The zero-order valence-corrected chi connectivity index (χ0v) is 17.0. The lowest BCUT2D eigenvalue weighted by atomic mass is 10.1. The van der Waals surface area contributed by atoms with E-state index in [0.29, 0.717) is 19.1 Å². The van der Waals surface area contributed by atoms with E-state index >= 15 is 0 Å². The van der Waals surface area contributed by atoms with Crippen LogP contribution in [-0.4, -0.2) is 68.7 Å². The zero-order chi connectivity index (χ0) is 20.4. The van der Waals surface area contributed by atoms with Crippen LogP contribution in [0, 0.1) is 5.82 Å². The van der Waals surface area contributed by atoms with E-state index < -0.39 is 0 Å². The number of hydrogen-bond donors (Lipinski definition) is 3. The van der Waals surface area contributed by atoms with E-state index in [-0.39, 0.29) is 23.6 Å². The number of amides is 1. The monoisotopic (exact) mass is 393 g/mol. The molecule has 0 spiro atoms. The first-order valence-corrected chi connectivity index (χ1v) is 9.90. The van der Waals surface area contributed by atoms with Crippen molar-refractivity contribution in [2.45, 2.75) is 38.8 Å². The third kappa shape index (κ3) is 7.34. The summed E-state index contributed by atoms with van der Waals surface area (Å²) in [6, 6.07) is 6.69. The molecule has 1 aromatic rings. The fraction of sp³-hybridized carbons (Fsp3) is 0.600. The van der Waals surface area contributed by atoms with Crippen LogP contribution in [0.25, 0.3) is 0 Å². The number of piperidine rings is 1. The maximum atomic E-state index is 13.7. The van der Waals surface area contributed by atoms with Crippen molar-refractivity contribution < 1.29 is 13.9 Å². The van der Waals surface area contributed by atoms with Gasteiger partial charge in [-0.05, 0) is 38.8 Å². The minimum atomic E-state index is -0.369. The molecule has 1 amide bonds. The van der Waals surface area contributed by atoms with Crippen LogP contribution in [0.15, 0.2) is 29.3 Å². The number of hydrogen-bond acceptors (Lipinski definition) is 4. The van der Waals surface area contributed by atoms with Gasteiger partial charge in [-0.15, -0.1) is 0 Å². The molecule has 156 valence electrons. The number of likely N-dealkylation sites (tertiary alicyclic amines) is 1. The Bertz CT molecular complexity index is 647. The molecule has 1 atom stereocenters. The van der Waals surface area contributed by atoms with Crippen molar-refractivity contribution in [3.8, 4) is 5.75 Å². The molecule has 28 heavy (non-hydrogen) atoms. The lowest BCUT2D eigenvalue weighted by Gasteiger charge is -2.32. The predicted molar refractivity (Wildman–Crippen MR) is 109 cm³/mol. The summed E-state index contributed by atoms with van der Waals surface area (Å²) in [5, 5.41) is 9.36. The van der Waals surface area contributed by atoms with E-state index in [1.165, 1.54) is 6.07 Å². The first kappa shape index (κ1) is 21.9. The Morgan fingerprint density at radius 1 is 1.36 bits per heavy atom. The van der Waals surface area contributed by atoms with Crippen LogP contribution in [0.2, 0.25) is 0 Å². The Labute approximate surface area is 166 Å². The molecule has 1 aromatic carbocycles. The normalized spacial score (nSPS) is 17.1. The van der Waals surface area contributed by atoms with Crippen LogP contribution in [0.5, 0.6) is 5.75 Å².